The maximum atomic E-state index is 11.8. The van der Waals surface area contributed by atoms with Gasteiger partial charge in [-0.15, -0.1) is 0 Å². The molecule has 0 radical (unpaired) electrons. The summed E-state index contributed by atoms with van der Waals surface area (Å²) in [5.74, 6) is 0.266. The van der Waals surface area contributed by atoms with Crippen LogP contribution >= 0.6 is 0 Å². The van der Waals surface area contributed by atoms with Gasteiger partial charge in [0.2, 0.25) is 0 Å². The predicted octanol–water partition coefficient (Wildman–Crippen LogP) is 1.18. The van der Waals surface area contributed by atoms with Crippen LogP contribution in [0.2, 0.25) is 0 Å². The summed E-state index contributed by atoms with van der Waals surface area (Å²) in [4.78, 5) is 25.6. The largest absolute Gasteiger partial charge is 0.294 e. The van der Waals surface area contributed by atoms with Crippen molar-refractivity contribution in [3.63, 3.8) is 0 Å². The maximum Gasteiger partial charge on any atom is 0.269 e. The van der Waals surface area contributed by atoms with Crippen LogP contribution in [-0.2, 0) is 4.79 Å². The van der Waals surface area contributed by atoms with E-state index in [1.165, 1.54) is 0 Å². The van der Waals surface area contributed by atoms with Gasteiger partial charge in [0.1, 0.15) is 0 Å². The van der Waals surface area contributed by atoms with Crippen LogP contribution < -0.4 is 10.9 Å². The first kappa shape index (κ1) is 14.5. The molecule has 2 N–H and O–H groups in total. The zero-order valence-corrected chi connectivity index (χ0v) is 11.8. The zero-order valence-electron chi connectivity index (χ0n) is 11.8. The van der Waals surface area contributed by atoms with Gasteiger partial charge >= 0.3 is 0 Å². The normalized spacial score (nSPS) is 16.6. The highest BCUT2D eigenvalue weighted by Crippen LogP contribution is 2.15. The summed E-state index contributed by atoms with van der Waals surface area (Å²) in [6.45, 7) is 4.46. The SMILES string of the molecule is CC1CCN(CC(=O)NNC(=O)c2ccccc2)CC1. The van der Waals surface area contributed by atoms with E-state index in [4.69, 9.17) is 0 Å². The Hall–Kier alpha value is -1.88. The van der Waals surface area contributed by atoms with Crippen LogP contribution in [0.1, 0.15) is 30.1 Å². The minimum atomic E-state index is -0.300. The Morgan fingerprint density at radius 2 is 1.80 bits per heavy atom. The van der Waals surface area contributed by atoms with Crippen LogP contribution in [0.3, 0.4) is 0 Å². The number of hydrogen-bond acceptors (Lipinski definition) is 3. The van der Waals surface area contributed by atoms with Gasteiger partial charge in [-0.05, 0) is 44.0 Å². The van der Waals surface area contributed by atoms with E-state index in [2.05, 4.69) is 22.7 Å². The smallest absolute Gasteiger partial charge is 0.269 e. The summed E-state index contributed by atoms with van der Waals surface area (Å²) >= 11 is 0. The summed E-state index contributed by atoms with van der Waals surface area (Å²) in [6.07, 6.45) is 2.26. The Bertz CT molecular complexity index is 453. The van der Waals surface area contributed by atoms with Crippen molar-refractivity contribution in [3.05, 3.63) is 35.9 Å². The molecule has 1 aromatic rings. The molecule has 108 valence electrons. The van der Waals surface area contributed by atoms with E-state index in [0.29, 0.717) is 12.1 Å². The molecule has 1 saturated heterocycles. The molecule has 2 amide bonds. The number of nitrogens with one attached hydrogen (secondary N) is 2. The standard InChI is InChI=1S/C15H21N3O2/c1-12-7-9-18(10-8-12)11-14(19)16-17-15(20)13-5-3-2-4-6-13/h2-6,12H,7-11H2,1H3,(H,16,19)(H,17,20). The van der Waals surface area contributed by atoms with Gasteiger partial charge in [0.15, 0.2) is 0 Å². The van der Waals surface area contributed by atoms with E-state index >= 15 is 0 Å². The van der Waals surface area contributed by atoms with Crippen molar-refractivity contribution in [2.45, 2.75) is 19.8 Å². The number of amides is 2. The van der Waals surface area contributed by atoms with Gasteiger partial charge < -0.3 is 0 Å². The molecule has 2 rings (SSSR count). The van der Waals surface area contributed by atoms with E-state index in [1.54, 1.807) is 24.3 Å². The molecule has 5 heteroatoms. The van der Waals surface area contributed by atoms with Gasteiger partial charge in [-0.2, -0.15) is 0 Å². The molecule has 0 atom stereocenters. The summed E-state index contributed by atoms with van der Waals surface area (Å²) in [6, 6.07) is 8.81. The van der Waals surface area contributed by atoms with E-state index in [1.807, 2.05) is 6.07 Å². The molecule has 5 nitrogen and oxygen atoms in total. The molecule has 0 aromatic heterocycles. The molecule has 1 heterocycles. The third kappa shape index (κ3) is 4.35. The van der Waals surface area contributed by atoms with Crippen molar-refractivity contribution in [1.29, 1.82) is 0 Å². The Balaban J connectivity index is 1.71. The molecule has 0 aliphatic carbocycles. The summed E-state index contributed by atoms with van der Waals surface area (Å²) in [5.41, 5.74) is 5.42. The fourth-order valence-electron chi connectivity index (χ4n) is 2.25. The minimum Gasteiger partial charge on any atom is -0.294 e. The quantitative estimate of drug-likeness (QED) is 0.814. The fourth-order valence-corrected chi connectivity index (χ4v) is 2.25. The Morgan fingerprint density at radius 3 is 2.45 bits per heavy atom. The summed E-state index contributed by atoms with van der Waals surface area (Å²) < 4.78 is 0. The first-order valence-corrected chi connectivity index (χ1v) is 7.02. The Kier molecular flexibility index (Phi) is 5.12. The number of benzene rings is 1. The van der Waals surface area contributed by atoms with Gasteiger partial charge in [0, 0.05) is 5.56 Å². The van der Waals surface area contributed by atoms with E-state index in [9.17, 15) is 9.59 Å². The summed E-state index contributed by atoms with van der Waals surface area (Å²) in [7, 11) is 0. The summed E-state index contributed by atoms with van der Waals surface area (Å²) in [5, 5.41) is 0. The minimum absolute atomic E-state index is 0.177. The number of hydrogen-bond donors (Lipinski definition) is 2. The van der Waals surface area contributed by atoms with Crippen LogP contribution in [-0.4, -0.2) is 36.3 Å². The first-order valence-electron chi connectivity index (χ1n) is 7.02. The van der Waals surface area contributed by atoms with E-state index < -0.39 is 0 Å². The van der Waals surface area contributed by atoms with Crippen LogP contribution in [0.25, 0.3) is 0 Å². The molecule has 0 saturated carbocycles. The number of rotatable bonds is 3. The number of likely N-dealkylation sites (tertiary alicyclic amines) is 1. The molecule has 1 aliphatic rings. The lowest BCUT2D eigenvalue weighted by atomic mass is 9.99. The van der Waals surface area contributed by atoms with Crippen LogP contribution in [0, 0.1) is 5.92 Å². The van der Waals surface area contributed by atoms with Crippen molar-refractivity contribution < 1.29 is 9.59 Å². The Labute approximate surface area is 119 Å². The highest BCUT2D eigenvalue weighted by atomic mass is 16.2. The van der Waals surface area contributed by atoms with Gasteiger partial charge in [-0.25, -0.2) is 0 Å². The third-order valence-electron chi connectivity index (χ3n) is 3.59. The third-order valence-corrected chi connectivity index (χ3v) is 3.59. The lowest BCUT2D eigenvalue weighted by molar-refractivity contribution is -0.123. The van der Waals surface area contributed by atoms with Gasteiger partial charge in [-0.3, -0.25) is 25.3 Å². The van der Waals surface area contributed by atoms with Crippen LogP contribution in [0.15, 0.2) is 30.3 Å². The molecule has 1 fully saturated rings. The van der Waals surface area contributed by atoms with Gasteiger partial charge in [-0.1, -0.05) is 25.1 Å². The second-order valence-corrected chi connectivity index (χ2v) is 5.33. The van der Waals surface area contributed by atoms with Crippen molar-refractivity contribution in [2.24, 2.45) is 5.92 Å². The van der Waals surface area contributed by atoms with Crippen molar-refractivity contribution in [1.82, 2.24) is 15.8 Å². The second kappa shape index (κ2) is 7.05. The number of nitrogens with zero attached hydrogens (tertiary/aromatic N) is 1. The molecule has 0 spiro atoms. The topological polar surface area (TPSA) is 61.4 Å². The zero-order chi connectivity index (χ0) is 14.4. The number of carbonyl (C=O) groups excluding carboxylic acids is 2. The second-order valence-electron chi connectivity index (χ2n) is 5.33. The number of hydrazine groups is 1. The number of carbonyl (C=O) groups is 2. The molecule has 1 aliphatic heterocycles. The fraction of sp³-hybridized carbons (Fsp3) is 0.467. The monoisotopic (exact) mass is 275 g/mol. The van der Waals surface area contributed by atoms with Crippen molar-refractivity contribution in [2.75, 3.05) is 19.6 Å². The Morgan fingerprint density at radius 1 is 1.15 bits per heavy atom. The lowest BCUT2D eigenvalue weighted by Gasteiger charge is -2.29. The molecule has 0 bridgehead atoms. The molecule has 20 heavy (non-hydrogen) atoms. The van der Waals surface area contributed by atoms with Crippen molar-refractivity contribution in [3.8, 4) is 0 Å². The van der Waals surface area contributed by atoms with E-state index in [0.717, 1.165) is 31.8 Å². The molecular formula is C15H21N3O2. The lowest BCUT2D eigenvalue weighted by Crippen LogP contribution is -2.47. The highest BCUT2D eigenvalue weighted by Gasteiger charge is 2.18. The molecular weight excluding hydrogens is 254 g/mol. The number of piperidine rings is 1. The van der Waals surface area contributed by atoms with Crippen LogP contribution in [0.4, 0.5) is 0 Å². The average molecular weight is 275 g/mol. The van der Waals surface area contributed by atoms with Crippen molar-refractivity contribution >= 4 is 11.8 Å². The van der Waals surface area contributed by atoms with E-state index in [-0.39, 0.29) is 11.8 Å². The van der Waals surface area contributed by atoms with Crippen LogP contribution in [0.5, 0.6) is 0 Å². The predicted molar refractivity (Wildman–Crippen MR) is 76.9 cm³/mol. The average Bonchev–Trinajstić information content (AvgIpc) is 2.48. The highest BCUT2D eigenvalue weighted by molar-refractivity contribution is 5.95. The molecule has 0 unspecified atom stereocenters. The molecule has 1 aromatic carbocycles. The van der Waals surface area contributed by atoms with Gasteiger partial charge in [0.05, 0.1) is 6.54 Å². The van der Waals surface area contributed by atoms with Gasteiger partial charge in [0.25, 0.3) is 11.8 Å². The maximum absolute atomic E-state index is 11.8. The first-order chi connectivity index (χ1) is 9.65.